The summed E-state index contributed by atoms with van der Waals surface area (Å²) in [6.07, 6.45) is 2.38. The molecule has 0 atom stereocenters. The van der Waals surface area contributed by atoms with Crippen molar-refractivity contribution in [1.29, 1.82) is 0 Å². The highest BCUT2D eigenvalue weighted by Gasteiger charge is 2.15. The zero-order chi connectivity index (χ0) is 14.0. The molecule has 0 unspecified atom stereocenters. The summed E-state index contributed by atoms with van der Waals surface area (Å²) in [6, 6.07) is 7.71. The Balaban J connectivity index is 2.20. The van der Waals surface area contributed by atoms with E-state index in [0.717, 1.165) is 26.3 Å². The number of ketones is 1. The topological polar surface area (TPSA) is 34.9 Å². The van der Waals surface area contributed by atoms with E-state index in [4.69, 9.17) is 0 Å². The fourth-order valence-corrected chi connectivity index (χ4v) is 2.79. The molecular formula is C14H15BrN2OS. The van der Waals surface area contributed by atoms with Crippen molar-refractivity contribution in [1.82, 2.24) is 9.78 Å². The second-order valence-electron chi connectivity index (χ2n) is 4.30. The average molecular weight is 339 g/mol. The van der Waals surface area contributed by atoms with Crippen LogP contribution in [0.3, 0.4) is 0 Å². The zero-order valence-electron chi connectivity index (χ0n) is 11.1. The molecule has 2 rings (SSSR count). The van der Waals surface area contributed by atoms with Gasteiger partial charge in [-0.3, -0.25) is 9.48 Å². The van der Waals surface area contributed by atoms with Gasteiger partial charge in [0, 0.05) is 17.5 Å². The molecule has 0 bridgehead atoms. The van der Waals surface area contributed by atoms with E-state index in [1.54, 1.807) is 16.4 Å². The second kappa shape index (κ2) is 5.92. The fraction of sp³-hybridized carbons (Fsp3) is 0.286. The summed E-state index contributed by atoms with van der Waals surface area (Å²) in [5.41, 5.74) is 2.56. The molecule has 3 nitrogen and oxygen atoms in total. The van der Waals surface area contributed by atoms with Crippen molar-refractivity contribution in [3.05, 3.63) is 45.7 Å². The third-order valence-corrected chi connectivity index (χ3v) is 4.78. The molecule has 1 aromatic carbocycles. The van der Waals surface area contributed by atoms with E-state index in [9.17, 15) is 4.79 Å². The number of hydrogen-bond acceptors (Lipinski definition) is 3. The molecule has 0 N–H and O–H groups in total. The highest BCUT2D eigenvalue weighted by molar-refractivity contribution is 9.10. The maximum atomic E-state index is 12.3. The van der Waals surface area contributed by atoms with Crippen LogP contribution in [0.25, 0.3) is 0 Å². The molecule has 0 radical (unpaired) electrons. The number of carbonyl (C=O) groups is 1. The number of Topliss-reactive ketones (excluding diaryl/α,β-unsaturated/α-hetero) is 1. The van der Waals surface area contributed by atoms with Crippen molar-refractivity contribution in [3.8, 4) is 0 Å². The molecule has 0 aliphatic carbocycles. The molecule has 0 amide bonds. The number of nitrogens with zero attached hydrogens (tertiary/aromatic N) is 2. The predicted molar refractivity (Wildman–Crippen MR) is 81.9 cm³/mol. The van der Waals surface area contributed by atoms with Gasteiger partial charge in [0.05, 0.1) is 22.3 Å². The molecule has 1 aromatic heterocycles. The number of aromatic nitrogens is 2. The molecule has 100 valence electrons. The monoisotopic (exact) mass is 338 g/mol. The van der Waals surface area contributed by atoms with Gasteiger partial charge in [-0.05, 0) is 41.2 Å². The van der Waals surface area contributed by atoms with E-state index < -0.39 is 0 Å². The number of benzene rings is 1. The summed E-state index contributed by atoms with van der Waals surface area (Å²) in [6.45, 7) is 1.92. The maximum absolute atomic E-state index is 12.3. The lowest BCUT2D eigenvalue weighted by Crippen LogP contribution is -2.08. The highest BCUT2D eigenvalue weighted by atomic mass is 79.9. The Hall–Kier alpha value is -1.07. The van der Waals surface area contributed by atoms with Crippen molar-refractivity contribution in [2.24, 2.45) is 7.05 Å². The predicted octanol–water partition coefficient (Wildman–Crippen LogP) is 3.64. The molecule has 0 saturated heterocycles. The van der Waals surface area contributed by atoms with Gasteiger partial charge in [-0.2, -0.15) is 5.10 Å². The Morgan fingerprint density at radius 1 is 1.37 bits per heavy atom. The van der Waals surface area contributed by atoms with E-state index in [0.29, 0.717) is 6.42 Å². The van der Waals surface area contributed by atoms with Gasteiger partial charge in [-0.25, -0.2) is 0 Å². The van der Waals surface area contributed by atoms with Gasteiger partial charge < -0.3 is 0 Å². The van der Waals surface area contributed by atoms with Crippen LogP contribution in [0, 0.1) is 6.92 Å². The lowest BCUT2D eigenvalue weighted by molar-refractivity contribution is 0.0990. The van der Waals surface area contributed by atoms with Gasteiger partial charge >= 0.3 is 0 Å². The van der Waals surface area contributed by atoms with Crippen LogP contribution in [0.4, 0.5) is 0 Å². The van der Waals surface area contributed by atoms with Gasteiger partial charge in [-0.15, -0.1) is 11.8 Å². The highest BCUT2D eigenvalue weighted by Crippen LogP contribution is 2.22. The summed E-state index contributed by atoms with van der Waals surface area (Å²) in [5, 5.41) is 4.30. The normalized spacial score (nSPS) is 10.7. The molecule has 0 aliphatic heterocycles. The van der Waals surface area contributed by atoms with Gasteiger partial charge in [0.15, 0.2) is 5.78 Å². The SMILES string of the molecule is CSc1ccc(C(=O)Cc2c(Br)c(C)nn2C)cc1. The standard InChI is InChI=1S/C14H15BrN2OS/c1-9-14(15)12(17(2)16-9)8-13(18)10-4-6-11(19-3)7-5-10/h4-7H,8H2,1-3H3. The molecule has 1 heterocycles. The maximum Gasteiger partial charge on any atom is 0.168 e. The first-order valence-corrected chi connectivity index (χ1v) is 7.90. The van der Waals surface area contributed by atoms with Crippen molar-refractivity contribution in [2.75, 3.05) is 6.26 Å². The fourth-order valence-electron chi connectivity index (χ4n) is 1.90. The van der Waals surface area contributed by atoms with Crippen LogP contribution in [0.5, 0.6) is 0 Å². The van der Waals surface area contributed by atoms with Crippen molar-refractivity contribution >= 4 is 33.5 Å². The molecular weight excluding hydrogens is 324 g/mol. The van der Waals surface area contributed by atoms with E-state index in [-0.39, 0.29) is 5.78 Å². The summed E-state index contributed by atoms with van der Waals surface area (Å²) in [4.78, 5) is 13.4. The minimum absolute atomic E-state index is 0.108. The Morgan fingerprint density at radius 2 is 2.00 bits per heavy atom. The summed E-state index contributed by atoms with van der Waals surface area (Å²) < 4.78 is 2.68. The van der Waals surface area contributed by atoms with Crippen LogP contribution in [0.15, 0.2) is 33.6 Å². The van der Waals surface area contributed by atoms with Crippen LogP contribution in [0.1, 0.15) is 21.7 Å². The Morgan fingerprint density at radius 3 is 2.47 bits per heavy atom. The molecule has 0 aliphatic rings. The van der Waals surface area contributed by atoms with E-state index in [2.05, 4.69) is 21.0 Å². The molecule has 19 heavy (non-hydrogen) atoms. The first kappa shape index (κ1) is 14.3. The number of halogens is 1. The van der Waals surface area contributed by atoms with Crippen molar-refractivity contribution in [2.45, 2.75) is 18.2 Å². The Bertz CT molecular complexity index is 605. The van der Waals surface area contributed by atoms with Crippen LogP contribution >= 0.6 is 27.7 Å². The molecule has 2 aromatic rings. The number of aryl methyl sites for hydroxylation is 2. The van der Waals surface area contributed by atoms with E-state index in [1.807, 2.05) is 44.5 Å². The van der Waals surface area contributed by atoms with Crippen LogP contribution < -0.4 is 0 Å². The molecule has 5 heteroatoms. The van der Waals surface area contributed by atoms with Crippen molar-refractivity contribution < 1.29 is 4.79 Å². The third kappa shape index (κ3) is 3.09. The minimum atomic E-state index is 0.108. The summed E-state index contributed by atoms with van der Waals surface area (Å²) in [5.74, 6) is 0.108. The number of carbonyl (C=O) groups excluding carboxylic acids is 1. The van der Waals surface area contributed by atoms with Crippen LogP contribution in [-0.4, -0.2) is 21.8 Å². The second-order valence-corrected chi connectivity index (χ2v) is 5.97. The van der Waals surface area contributed by atoms with Crippen LogP contribution in [-0.2, 0) is 13.5 Å². The lowest BCUT2D eigenvalue weighted by atomic mass is 10.1. The third-order valence-electron chi connectivity index (χ3n) is 3.00. The average Bonchev–Trinajstić information content (AvgIpc) is 2.65. The quantitative estimate of drug-likeness (QED) is 0.630. The lowest BCUT2D eigenvalue weighted by Gasteiger charge is -2.04. The number of hydrogen-bond donors (Lipinski definition) is 0. The molecule has 0 fully saturated rings. The van der Waals surface area contributed by atoms with Crippen molar-refractivity contribution in [3.63, 3.8) is 0 Å². The van der Waals surface area contributed by atoms with E-state index in [1.165, 1.54) is 0 Å². The van der Waals surface area contributed by atoms with E-state index >= 15 is 0 Å². The smallest absolute Gasteiger partial charge is 0.168 e. The van der Waals surface area contributed by atoms with Crippen LogP contribution in [0.2, 0.25) is 0 Å². The van der Waals surface area contributed by atoms with Gasteiger partial charge in [0.2, 0.25) is 0 Å². The number of thioether (sulfide) groups is 1. The van der Waals surface area contributed by atoms with Gasteiger partial charge in [0.25, 0.3) is 0 Å². The first-order chi connectivity index (χ1) is 9.02. The molecule has 0 saturated carbocycles. The Kier molecular flexibility index (Phi) is 4.47. The molecule has 0 spiro atoms. The van der Waals surface area contributed by atoms with Gasteiger partial charge in [0.1, 0.15) is 0 Å². The minimum Gasteiger partial charge on any atom is -0.294 e. The largest absolute Gasteiger partial charge is 0.294 e. The number of rotatable bonds is 4. The zero-order valence-corrected chi connectivity index (χ0v) is 13.5. The Labute approximate surface area is 125 Å². The van der Waals surface area contributed by atoms with Gasteiger partial charge in [-0.1, -0.05) is 12.1 Å². The summed E-state index contributed by atoms with van der Waals surface area (Å²) in [7, 11) is 1.86. The first-order valence-electron chi connectivity index (χ1n) is 5.88. The summed E-state index contributed by atoms with van der Waals surface area (Å²) >= 11 is 5.15.